The minimum absolute atomic E-state index is 0.174. The molecule has 1 aliphatic rings. The summed E-state index contributed by atoms with van der Waals surface area (Å²) in [4.78, 5) is 11.6. The first-order valence-corrected chi connectivity index (χ1v) is 9.00. The van der Waals surface area contributed by atoms with Crippen molar-refractivity contribution in [3.05, 3.63) is 59.2 Å². The lowest BCUT2D eigenvalue weighted by atomic mass is 9.90. The fourth-order valence-corrected chi connectivity index (χ4v) is 3.59. The standard InChI is InChI=1S/C21H23F2NO4/c1-12(25)24-16-9-20(13-6-14(22)8-15(23)7-13)28-21(10-16)18-11-17(26-2)4-5-19(18)27-3/h4-8,11,16,20-21H,9-10H2,1-3H3,(H,24,25)/t16-,20-,21+/m0/s1. The Balaban J connectivity index is 1.97. The first kappa shape index (κ1) is 20.1. The van der Waals surface area contributed by atoms with Gasteiger partial charge in [-0.1, -0.05) is 0 Å². The fourth-order valence-electron chi connectivity index (χ4n) is 3.59. The molecule has 1 saturated heterocycles. The van der Waals surface area contributed by atoms with Crippen LogP contribution in [0.15, 0.2) is 36.4 Å². The molecule has 1 N–H and O–H groups in total. The van der Waals surface area contributed by atoms with E-state index in [9.17, 15) is 13.6 Å². The fraction of sp³-hybridized carbons (Fsp3) is 0.381. The summed E-state index contributed by atoms with van der Waals surface area (Å²) in [7, 11) is 3.12. The van der Waals surface area contributed by atoms with Gasteiger partial charge in [0.2, 0.25) is 5.91 Å². The molecule has 3 rings (SSSR count). The molecular formula is C21H23F2NO4. The van der Waals surface area contributed by atoms with Crippen LogP contribution in [0.25, 0.3) is 0 Å². The van der Waals surface area contributed by atoms with Gasteiger partial charge in [0.05, 0.1) is 26.4 Å². The second-order valence-electron chi connectivity index (χ2n) is 6.79. The van der Waals surface area contributed by atoms with E-state index in [2.05, 4.69) is 5.32 Å². The Hall–Kier alpha value is -2.67. The number of halogens is 2. The van der Waals surface area contributed by atoms with Crippen LogP contribution >= 0.6 is 0 Å². The summed E-state index contributed by atoms with van der Waals surface area (Å²) in [6.45, 7) is 1.44. The highest BCUT2D eigenvalue weighted by atomic mass is 19.1. The highest BCUT2D eigenvalue weighted by Crippen LogP contribution is 2.42. The van der Waals surface area contributed by atoms with Crippen LogP contribution in [0.1, 0.15) is 43.1 Å². The van der Waals surface area contributed by atoms with Crippen LogP contribution in [0, 0.1) is 11.6 Å². The lowest BCUT2D eigenvalue weighted by Gasteiger charge is -2.36. The Morgan fingerprint density at radius 2 is 1.71 bits per heavy atom. The second-order valence-corrected chi connectivity index (χ2v) is 6.79. The lowest BCUT2D eigenvalue weighted by Crippen LogP contribution is -2.39. The summed E-state index contributed by atoms with van der Waals surface area (Å²) in [6.07, 6.45) is -0.133. The molecular weight excluding hydrogens is 368 g/mol. The molecule has 1 heterocycles. The van der Waals surface area contributed by atoms with E-state index >= 15 is 0 Å². The average molecular weight is 391 g/mol. The molecule has 0 spiro atoms. The Morgan fingerprint density at radius 1 is 1.04 bits per heavy atom. The summed E-state index contributed by atoms with van der Waals surface area (Å²) in [5.74, 6) is -0.271. The van der Waals surface area contributed by atoms with E-state index in [0.29, 0.717) is 29.9 Å². The van der Waals surface area contributed by atoms with Crippen molar-refractivity contribution in [3.8, 4) is 11.5 Å². The van der Waals surface area contributed by atoms with E-state index in [4.69, 9.17) is 14.2 Å². The van der Waals surface area contributed by atoms with Crippen molar-refractivity contribution >= 4 is 5.91 Å². The largest absolute Gasteiger partial charge is 0.497 e. The molecule has 0 bridgehead atoms. The van der Waals surface area contributed by atoms with Crippen LogP contribution in [0.5, 0.6) is 11.5 Å². The summed E-state index contributed by atoms with van der Waals surface area (Å²) in [5.41, 5.74) is 1.14. The van der Waals surface area contributed by atoms with Crippen molar-refractivity contribution in [2.75, 3.05) is 14.2 Å². The minimum Gasteiger partial charge on any atom is -0.497 e. The Bertz CT molecular complexity index is 838. The Labute approximate surface area is 162 Å². The molecule has 0 aromatic heterocycles. The molecule has 2 aromatic carbocycles. The van der Waals surface area contributed by atoms with Crippen molar-refractivity contribution in [1.29, 1.82) is 0 Å². The van der Waals surface area contributed by atoms with Gasteiger partial charge in [0.25, 0.3) is 0 Å². The zero-order valence-corrected chi connectivity index (χ0v) is 16.0. The topological polar surface area (TPSA) is 56.8 Å². The van der Waals surface area contributed by atoms with Gasteiger partial charge in [0.1, 0.15) is 23.1 Å². The van der Waals surface area contributed by atoms with Gasteiger partial charge in [0.15, 0.2) is 0 Å². The van der Waals surface area contributed by atoms with Gasteiger partial charge in [-0.2, -0.15) is 0 Å². The van der Waals surface area contributed by atoms with E-state index in [1.54, 1.807) is 26.4 Å². The van der Waals surface area contributed by atoms with Crippen LogP contribution < -0.4 is 14.8 Å². The Kier molecular flexibility index (Phi) is 6.14. The normalized spacial score (nSPS) is 21.8. The number of benzene rings is 2. The number of rotatable bonds is 5. The van der Waals surface area contributed by atoms with E-state index in [0.717, 1.165) is 11.6 Å². The van der Waals surface area contributed by atoms with Crippen LogP contribution in [0.3, 0.4) is 0 Å². The molecule has 1 aliphatic heterocycles. The SMILES string of the molecule is COc1ccc(OC)c([C@H]2C[C@@H](NC(C)=O)C[C@@H](c3cc(F)cc(F)c3)O2)c1. The molecule has 7 heteroatoms. The van der Waals surface area contributed by atoms with Gasteiger partial charge in [-0.3, -0.25) is 4.79 Å². The first-order chi connectivity index (χ1) is 13.4. The van der Waals surface area contributed by atoms with Crippen LogP contribution in [0.4, 0.5) is 8.78 Å². The Morgan fingerprint density at radius 3 is 2.32 bits per heavy atom. The van der Waals surface area contributed by atoms with E-state index in [1.807, 2.05) is 6.07 Å². The number of hydrogen-bond donors (Lipinski definition) is 1. The summed E-state index contributed by atoms with van der Waals surface area (Å²) >= 11 is 0. The number of methoxy groups -OCH3 is 2. The van der Waals surface area contributed by atoms with Gasteiger partial charge in [0, 0.05) is 24.6 Å². The van der Waals surface area contributed by atoms with E-state index in [1.165, 1.54) is 19.1 Å². The maximum Gasteiger partial charge on any atom is 0.217 e. The average Bonchev–Trinajstić information content (AvgIpc) is 2.66. The molecule has 28 heavy (non-hydrogen) atoms. The smallest absolute Gasteiger partial charge is 0.217 e. The molecule has 3 atom stereocenters. The number of hydrogen-bond acceptors (Lipinski definition) is 4. The molecule has 150 valence electrons. The lowest BCUT2D eigenvalue weighted by molar-refractivity contribution is -0.122. The zero-order chi connectivity index (χ0) is 20.3. The third-order valence-corrected chi connectivity index (χ3v) is 4.77. The minimum atomic E-state index is -0.671. The quantitative estimate of drug-likeness (QED) is 0.835. The van der Waals surface area contributed by atoms with Crippen molar-refractivity contribution in [2.24, 2.45) is 0 Å². The molecule has 1 fully saturated rings. The van der Waals surface area contributed by atoms with Crippen molar-refractivity contribution in [1.82, 2.24) is 5.32 Å². The third kappa shape index (κ3) is 4.59. The van der Waals surface area contributed by atoms with Crippen molar-refractivity contribution in [3.63, 3.8) is 0 Å². The maximum absolute atomic E-state index is 13.7. The maximum atomic E-state index is 13.7. The van der Waals surface area contributed by atoms with Crippen molar-refractivity contribution < 1.29 is 27.8 Å². The van der Waals surface area contributed by atoms with Gasteiger partial charge in [-0.05, 0) is 48.7 Å². The molecule has 0 aliphatic carbocycles. The van der Waals surface area contributed by atoms with Gasteiger partial charge in [-0.15, -0.1) is 0 Å². The van der Waals surface area contributed by atoms with Crippen LogP contribution in [0.2, 0.25) is 0 Å². The molecule has 1 amide bonds. The highest BCUT2D eigenvalue weighted by molar-refractivity contribution is 5.73. The molecule has 2 aromatic rings. The second kappa shape index (κ2) is 8.56. The van der Waals surface area contributed by atoms with Gasteiger partial charge in [-0.25, -0.2) is 8.78 Å². The van der Waals surface area contributed by atoms with Crippen LogP contribution in [-0.2, 0) is 9.53 Å². The zero-order valence-electron chi connectivity index (χ0n) is 16.0. The third-order valence-electron chi connectivity index (χ3n) is 4.77. The van der Waals surface area contributed by atoms with Crippen LogP contribution in [-0.4, -0.2) is 26.2 Å². The van der Waals surface area contributed by atoms with Gasteiger partial charge >= 0.3 is 0 Å². The summed E-state index contributed by atoms with van der Waals surface area (Å²) in [5, 5.41) is 2.90. The first-order valence-electron chi connectivity index (χ1n) is 9.00. The molecule has 0 saturated carbocycles. The number of ether oxygens (including phenoxy) is 3. The summed E-state index contributed by atoms with van der Waals surface area (Å²) < 4.78 is 44.4. The summed E-state index contributed by atoms with van der Waals surface area (Å²) in [6, 6.07) is 8.46. The van der Waals surface area contributed by atoms with E-state index < -0.39 is 23.8 Å². The molecule has 5 nitrogen and oxygen atoms in total. The number of nitrogens with one attached hydrogen (secondary N) is 1. The number of carbonyl (C=O) groups is 1. The highest BCUT2D eigenvalue weighted by Gasteiger charge is 2.34. The molecule has 0 unspecified atom stereocenters. The predicted octanol–water partition coefficient (Wildman–Crippen LogP) is 4.08. The van der Waals surface area contributed by atoms with Crippen molar-refractivity contribution in [2.45, 2.75) is 38.0 Å². The van der Waals surface area contributed by atoms with Gasteiger partial charge < -0.3 is 19.5 Å². The van der Waals surface area contributed by atoms with E-state index in [-0.39, 0.29) is 11.9 Å². The number of amides is 1. The molecule has 0 radical (unpaired) electrons. The predicted molar refractivity (Wildman–Crippen MR) is 99.3 cm³/mol. The monoisotopic (exact) mass is 391 g/mol. The number of carbonyl (C=O) groups excluding carboxylic acids is 1.